The number of methoxy groups -OCH3 is 1. The number of allylic oxidation sites excluding steroid dienone is 1. The van der Waals surface area contributed by atoms with Gasteiger partial charge in [0.15, 0.2) is 0 Å². The molecule has 5 nitrogen and oxygen atoms in total. The van der Waals surface area contributed by atoms with Crippen molar-refractivity contribution >= 4 is 5.82 Å². The summed E-state index contributed by atoms with van der Waals surface area (Å²) < 4.78 is 5.24. The summed E-state index contributed by atoms with van der Waals surface area (Å²) in [6.07, 6.45) is 5.04. The van der Waals surface area contributed by atoms with Crippen LogP contribution in [0.1, 0.15) is 12.8 Å². The lowest BCUT2D eigenvalue weighted by atomic mass is 10.1. The van der Waals surface area contributed by atoms with Crippen molar-refractivity contribution in [2.24, 2.45) is 0 Å². The van der Waals surface area contributed by atoms with E-state index < -0.39 is 0 Å². The molecule has 1 aliphatic rings. The summed E-state index contributed by atoms with van der Waals surface area (Å²) in [7, 11) is 1.67. The lowest BCUT2D eigenvalue weighted by Crippen LogP contribution is -2.48. The van der Waals surface area contributed by atoms with Crippen molar-refractivity contribution < 1.29 is 9.84 Å². The quantitative estimate of drug-likeness (QED) is 0.772. The number of β-amino-alcohol motifs (C(OH)–C–C–N with tert-alkyl or cyclic N) is 1. The van der Waals surface area contributed by atoms with Gasteiger partial charge in [0.1, 0.15) is 11.6 Å². The zero-order valence-corrected chi connectivity index (χ0v) is 12.7. The largest absolute Gasteiger partial charge is 0.497 e. The first-order valence-corrected chi connectivity index (χ1v) is 7.49. The minimum absolute atomic E-state index is 0.260. The van der Waals surface area contributed by atoms with Crippen LogP contribution in [-0.2, 0) is 0 Å². The van der Waals surface area contributed by atoms with E-state index >= 15 is 0 Å². The van der Waals surface area contributed by atoms with Crippen LogP contribution < -0.4 is 9.64 Å². The molecule has 0 radical (unpaired) electrons. The van der Waals surface area contributed by atoms with Crippen molar-refractivity contribution in [2.45, 2.75) is 18.9 Å². The molecule has 116 valence electrons. The monoisotopic (exact) mass is 291 g/mol. The predicted octanol–water partition coefficient (Wildman–Crippen LogP) is 1.54. The summed E-state index contributed by atoms with van der Waals surface area (Å²) in [5.74, 6) is 1.79. The van der Waals surface area contributed by atoms with Crippen molar-refractivity contribution in [3.8, 4) is 5.75 Å². The van der Waals surface area contributed by atoms with Gasteiger partial charge in [0.05, 0.1) is 13.2 Å². The van der Waals surface area contributed by atoms with Crippen LogP contribution in [-0.4, -0.2) is 60.9 Å². The molecule has 1 aromatic heterocycles. The molecule has 0 bridgehead atoms. The van der Waals surface area contributed by atoms with Crippen molar-refractivity contribution in [3.05, 3.63) is 31.0 Å². The van der Waals surface area contributed by atoms with E-state index in [1.807, 2.05) is 18.2 Å². The highest BCUT2D eigenvalue weighted by Crippen LogP contribution is 2.19. The average molecular weight is 291 g/mol. The molecule has 5 heteroatoms. The van der Waals surface area contributed by atoms with Gasteiger partial charge in [0, 0.05) is 45.0 Å². The molecule has 0 aliphatic carbocycles. The van der Waals surface area contributed by atoms with E-state index in [4.69, 9.17) is 4.74 Å². The molecule has 0 saturated carbocycles. The van der Waals surface area contributed by atoms with Crippen molar-refractivity contribution in [1.82, 2.24) is 9.88 Å². The fourth-order valence-electron chi connectivity index (χ4n) is 2.56. The molecule has 2 heterocycles. The SMILES string of the molecule is C=CCCC(O)CN1CCN(c2cc(OC)ccn2)CC1. The first kappa shape index (κ1) is 15.8. The Hall–Kier alpha value is -1.59. The summed E-state index contributed by atoms with van der Waals surface area (Å²) in [5.41, 5.74) is 0. The number of rotatable bonds is 7. The Labute approximate surface area is 126 Å². The van der Waals surface area contributed by atoms with E-state index in [0.29, 0.717) is 0 Å². The number of hydrogen-bond acceptors (Lipinski definition) is 5. The van der Waals surface area contributed by atoms with E-state index in [9.17, 15) is 5.11 Å². The van der Waals surface area contributed by atoms with Crippen LogP contribution in [0, 0.1) is 0 Å². The van der Waals surface area contributed by atoms with E-state index in [0.717, 1.165) is 57.1 Å². The molecule has 1 aliphatic heterocycles. The van der Waals surface area contributed by atoms with Gasteiger partial charge in [0.25, 0.3) is 0 Å². The Morgan fingerprint density at radius 1 is 1.43 bits per heavy atom. The molecule has 1 saturated heterocycles. The van der Waals surface area contributed by atoms with Crippen LogP contribution in [0.4, 0.5) is 5.82 Å². The number of aliphatic hydroxyl groups excluding tert-OH is 1. The maximum atomic E-state index is 9.95. The molecule has 1 atom stereocenters. The number of nitrogens with zero attached hydrogens (tertiary/aromatic N) is 3. The number of piperazine rings is 1. The van der Waals surface area contributed by atoms with E-state index in [1.165, 1.54) is 0 Å². The van der Waals surface area contributed by atoms with Crippen LogP contribution in [0.25, 0.3) is 0 Å². The van der Waals surface area contributed by atoms with Gasteiger partial charge in [-0.05, 0) is 18.9 Å². The zero-order valence-electron chi connectivity index (χ0n) is 12.7. The minimum atomic E-state index is -0.260. The summed E-state index contributed by atoms with van der Waals surface area (Å²) in [4.78, 5) is 8.97. The van der Waals surface area contributed by atoms with Gasteiger partial charge < -0.3 is 14.7 Å². The van der Waals surface area contributed by atoms with Gasteiger partial charge >= 0.3 is 0 Å². The average Bonchev–Trinajstić information content (AvgIpc) is 2.53. The van der Waals surface area contributed by atoms with Gasteiger partial charge in [-0.2, -0.15) is 0 Å². The smallest absolute Gasteiger partial charge is 0.132 e. The third-order valence-electron chi connectivity index (χ3n) is 3.82. The van der Waals surface area contributed by atoms with Gasteiger partial charge in [-0.25, -0.2) is 4.98 Å². The second-order valence-corrected chi connectivity index (χ2v) is 5.36. The fraction of sp³-hybridized carbons (Fsp3) is 0.562. The standard InChI is InChI=1S/C16H25N3O2/c1-3-4-5-14(20)13-18-8-10-19(11-9-18)16-12-15(21-2)6-7-17-16/h3,6-7,12,14,20H,1,4-5,8-11,13H2,2H3. The Morgan fingerprint density at radius 3 is 2.86 bits per heavy atom. The second-order valence-electron chi connectivity index (χ2n) is 5.36. The second kappa shape index (κ2) is 8.00. The number of aromatic nitrogens is 1. The van der Waals surface area contributed by atoms with Gasteiger partial charge in [-0.15, -0.1) is 6.58 Å². The topological polar surface area (TPSA) is 48.8 Å². The van der Waals surface area contributed by atoms with Crippen LogP contribution >= 0.6 is 0 Å². The lowest BCUT2D eigenvalue weighted by molar-refractivity contribution is 0.103. The Bertz CT molecular complexity index is 445. The van der Waals surface area contributed by atoms with Gasteiger partial charge in [-0.3, -0.25) is 4.90 Å². The molecule has 21 heavy (non-hydrogen) atoms. The highest BCUT2D eigenvalue weighted by molar-refractivity contribution is 5.43. The fourth-order valence-corrected chi connectivity index (χ4v) is 2.56. The molecular formula is C16H25N3O2. The van der Waals surface area contributed by atoms with Gasteiger partial charge in [0.2, 0.25) is 0 Å². The molecule has 1 aromatic rings. The molecule has 1 N–H and O–H groups in total. The summed E-state index contributed by atoms with van der Waals surface area (Å²) in [6.45, 7) is 8.18. The summed E-state index contributed by atoms with van der Waals surface area (Å²) in [5, 5.41) is 9.95. The maximum absolute atomic E-state index is 9.95. The van der Waals surface area contributed by atoms with Crippen LogP contribution in [0.3, 0.4) is 0 Å². The van der Waals surface area contributed by atoms with E-state index in [1.54, 1.807) is 13.3 Å². The minimum Gasteiger partial charge on any atom is -0.497 e. The highest BCUT2D eigenvalue weighted by atomic mass is 16.5. The van der Waals surface area contributed by atoms with Gasteiger partial charge in [-0.1, -0.05) is 6.08 Å². The number of anilines is 1. The number of aliphatic hydroxyl groups is 1. The summed E-state index contributed by atoms with van der Waals surface area (Å²) >= 11 is 0. The molecule has 0 spiro atoms. The molecule has 1 fully saturated rings. The first-order chi connectivity index (χ1) is 10.2. The molecule has 2 rings (SSSR count). The highest BCUT2D eigenvalue weighted by Gasteiger charge is 2.20. The predicted molar refractivity (Wildman–Crippen MR) is 84.9 cm³/mol. The van der Waals surface area contributed by atoms with E-state index in [2.05, 4.69) is 21.4 Å². The number of ether oxygens (including phenoxy) is 1. The number of pyridine rings is 1. The Kier molecular flexibility index (Phi) is 6.02. The Balaban J connectivity index is 1.81. The van der Waals surface area contributed by atoms with Crippen molar-refractivity contribution in [3.63, 3.8) is 0 Å². The molecular weight excluding hydrogens is 266 g/mol. The molecule has 0 amide bonds. The first-order valence-electron chi connectivity index (χ1n) is 7.49. The third-order valence-corrected chi connectivity index (χ3v) is 3.82. The molecule has 0 aromatic carbocycles. The van der Waals surface area contributed by atoms with Crippen molar-refractivity contribution in [1.29, 1.82) is 0 Å². The Morgan fingerprint density at radius 2 is 2.19 bits per heavy atom. The normalized spacial score (nSPS) is 17.5. The van der Waals surface area contributed by atoms with E-state index in [-0.39, 0.29) is 6.10 Å². The lowest BCUT2D eigenvalue weighted by Gasteiger charge is -2.36. The summed E-state index contributed by atoms with van der Waals surface area (Å²) in [6, 6.07) is 3.82. The van der Waals surface area contributed by atoms with Crippen LogP contribution in [0.5, 0.6) is 5.75 Å². The molecule has 1 unspecified atom stereocenters. The number of hydrogen-bond donors (Lipinski definition) is 1. The maximum Gasteiger partial charge on any atom is 0.132 e. The third kappa shape index (κ3) is 4.72. The van der Waals surface area contributed by atoms with Crippen molar-refractivity contribution in [2.75, 3.05) is 44.7 Å². The van der Waals surface area contributed by atoms with Crippen LogP contribution in [0.2, 0.25) is 0 Å². The zero-order chi connectivity index (χ0) is 15.1. The van der Waals surface area contributed by atoms with Crippen LogP contribution in [0.15, 0.2) is 31.0 Å².